The van der Waals surface area contributed by atoms with Crippen LogP contribution in [0, 0.1) is 6.92 Å². The fourth-order valence-corrected chi connectivity index (χ4v) is 2.56. The Kier molecular flexibility index (Phi) is 8.24. The lowest BCUT2D eigenvalue weighted by Crippen LogP contribution is -2.49. The molecule has 0 radical (unpaired) electrons. The average Bonchev–Trinajstić information content (AvgIpc) is 3.01. The number of carbonyl (C=O) groups excluding carboxylic acids is 1. The molecule has 0 saturated heterocycles. The van der Waals surface area contributed by atoms with Crippen LogP contribution in [0.5, 0.6) is 5.75 Å². The van der Waals surface area contributed by atoms with Gasteiger partial charge in [0.2, 0.25) is 0 Å². The van der Waals surface area contributed by atoms with Crippen LogP contribution in [0.1, 0.15) is 56.7 Å². The summed E-state index contributed by atoms with van der Waals surface area (Å²) in [5, 5.41) is 11.0. The smallest absolute Gasteiger partial charge is 0.273 e. The molecule has 0 aliphatic carbocycles. The predicted molar refractivity (Wildman–Crippen MR) is 109 cm³/mol. The van der Waals surface area contributed by atoms with Crippen LogP contribution in [0.2, 0.25) is 0 Å². The molecule has 1 aromatic carbocycles. The third-order valence-corrected chi connectivity index (χ3v) is 4.57. The van der Waals surface area contributed by atoms with Gasteiger partial charge < -0.3 is 15.8 Å². The number of hydrogen-bond acceptors (Lipinski definition) is 5. The van der Waals surface area contributed by atoms with Crippen LogP contribution in [-0.4, -0.2) is 39.1 Å². The molecule has 2 rings (SSSR count). The van der Waals surface area contributed by atoms with Crippen molar-refractivity contribution in [1.29, 1.82) is 0 Å². The molecule has 0 aliphatic heterocycles. The molecule has 1 amide bonds. The fraction of sp³-hybridized carbons (Fsp3) is 0.526. The Morgan fingerprint density at radius 3 is 2.37 bits per heavy atom. The number of aromatic nitrogens is 3. The molecule has 3 N–H and O–H groups in total. The largest absolute Gasteiger partial charge is 0.491 e. The van der Waals surface area contributed by atoms with Gasteiger partial charge in [-0.2, -0.15) is 0 Å². The molecular formula is C19H30ClN5O2. The van der Waals surface area contributed by atoms with E-state index in [4.69, 9.17) is 10.5 Å². The number of nitrogens with zero attached hydrogens (tertiary/aromatic N) is 3. The van der Waals surface area contributed by atoms with Crippen molar-refractivity contribution in [2.24, 2.45) is 5.73 Å². The van der Waals surface area contributed by atoms with Gasteiger partial charge in [-0.05, 0) is 57.9 Å². The zero-order valence-electron chi connectivity index (χ0n) is 16.7. The van der Waals surface area contributed by atoms with E-state index in [0.717, 1.165) is 24.3 Å². The van der Waals surface area contributed by atoms with E-state index in [1.807, 2.05) is 58.9 Å². The van der Waals surface area contributed by atoms with Crippen LogP contribution in [0.25, 0.3) is 5.69 Å². The van der Waals surface area contributed by atoms with Crippen molar-refractivity contribution in [3.8, 4) is 11.4 Å². The van der Waals surface area contributed by atoms with E-state index < -0.39 is 5.54 Å². The number of ether oxygens (including phenoxy) is 1. The summed E-state index contributed by atoms with van der Waals surface area (Å²) in [5.74, 6) is 0.531. The second-order valence-electron chi connectivity index (χ2n) is 6.85. The van der Waals surface area contributed by atoms with Crippen molar-refractivity contribution >= 4 is 18.3 Å². The van der Waals surface area contributed by atoms with E-state index in [9.17, 15) is 4.79 Å². The lowest BCUT2D eigenvalue weighted by atomic mass is 9.94. The molecule has 0 bridgehead atoms. The Labute approximate surface area is 167 Å². The lowest BCUT2D eigenvalue weighted by molar-refractivity contribution is 0.0936. The maximum atomic E-state index is 12.5. The molecule has 1 heterocycles. The summed E-state index contributed by atoms with van der Waals surface area (Å²) < 4.78 is 7.28. The zero-order valence-corrected chi connectivity index (χ0v) is 17.5. The lowest BCUT2D eigenvalue weighted by Gasteiger charge is -2.26. The highest BCUT2D eigenvalue weighted by atomic mass is 35.5. The molecule has 0 aliphatic rings. The van der Waals surface area contributed by atoms with Crippen molar-refractivity contribution in [2.45, 2.75) is 59.1 Å². The number of halogens is 1. The van der Waals surface area contributed by atoms with Crippen LogP contribution in [0.4, 0.5) is 0 Å². The predicted octanol–water partition coefficient (Wildman–Crippen LogP) is 3.03. The van der Waals surface area contributed by atoms with Crippen molar-refractivity contribution in [3.63, 3.8) is 0 Å². The van der Waals surface area contributed by atoms with Gasteiger partial charge in [-0.3, -0.25) is 4.79 Å². The molecule has 0 atom stereocenters. The topological polar surface area (TPSA) is 95.1 Å². The third-order valence-electron chi connectivity index (χ3n) is 4.57. The fourth-order valence-electron chi connectivity index (χ4n) is 2.56. The molecule has 150 valence electrons. The highest BCUT2D eigenvalue weighted by Crippen LogP contribution is 2.18. The molecule has 0 fully saturated rings. The van der Waals surface area contributed by atoms with Gasteiger partial charge in [-0.25, -0.2) is 4.68 Å². The maximum absolute atomic E-state index is 12.5. The molecule has 8 heteroatoms. The second kappa shape index (κ2) is 9.71. The van der Waals surface area contributed by atoms with Gasteiger partial charge >= 0.3 is 0 Å². The molecule has 0 saturated carbocycles. The Morgan fingerprint density at radius 2 is 1.85 bits per heavy atom. The monoisotopic (exact) mass is 395 g/mol. The van der Waals surface area contributed by atoms with Gasteiger partial charge in [-0.15, -0.1) is 17.5 Å². The number of benzene rings is 1. The van der Waals surface area contributed by atoms with Gasteiger partial charge in [-0.1, -0.05) is 19.1 Å². The Morgan fingerprint density at radius 1 is 1.26 bits per heavy atom. The zero-order chi connectivity index (χ0) is 19.3. The molecule has 7 nitrogen and oxygen atoms in total. The first kappa shape index (κ1) is 22.9. The number of nitrogens with two attached hydrogens (primary N) is 1. The normalized spacial score (nSPS) is 11.2. The van der Waals surface area contributed by atoms with Gasteiger partial charge in [0.1, 0.15) is 5.75 Å². The molecule has 27 heavy (non-hydrogen) atoms. The number of hydrogen-bond donors (Lipinski definition) is 2. The first-order chi connectivity index (χ1) is 12.3. The van der Waals surface area contributed by atoms with Gasteiger partial charge in [0.05, 0.1) is 17.5 Å². The van der Waals surface area contributed by atoms with E-state index in [2.05, 4.69) is 15.6 Å². The van der Waals surface area contributed by atoms with Gasteiger partial charge in [0, 0.05) is 12.1 Å². The van der Waals surface area contributed by atoms with Crippen molar-refractivity contribution in [1.82, 2.24) is 20.3 Å². The Bertz CT molecular complexity index is 739. The van der Waals surface area contributed by atoms with Gasteiger partial charge in [0.15, 0.2) is 5.69 Å². The summed E-state index contributed by atoms with van der Waals surface area (Å²) >= 11 is 0. The quantitative estimate of drug-likeness (QED) is 0.716. The molecule has 0 unspecified atom stereocenters. The van der Waals surface area contributed by atoms with Crippen LogP contribution in [0.15, 0.2) is 24.3 Å². The number of rotatable bonds is 8. The third kappa shape index (κ3) is 5.68. The SMILES string of the molecule is CCC(N)(CC)CNC(=O)c1nnn(-c2ccc(OC(C)C)cc2)c1C.Cl. The van der Waals surface area contributed by atoms with E-state index in [1.165, 1.54) is 0 Å². The molecule has 2 aromatic rings. The first-order valence-corrected chi connectivity index (χ1v) is 9.06. The minimum absolute atomic E-state index is 0. The second-order valence-corrected chi connectivity index (χ2v) is 6.85. The number of nitrogens with one attached hydrogen (secondary N) is 1. The first-order valence-electron chi connectivity index (χ1n) is 9.06. The summed E-state index contributed by atoms with van der Waals surface area (Å²) in [7, 11) is 0. The number of carbonyl (C=O) groups is 1. The molecular weight excluding hydrogens is 366 g/mol. The van der Waals surface area contributed by atoms with Crippen molar-refractivity contribution < 1.29 is 9.53 Å². The average molecular weight is 396 g/mol. The van der Waals surface area contributed by atoms with E-state index >= 15 is 0 Å². The van der Waals surface area contributed by atoms with Gasteiger partial charge in [0.25, 0.3) is 5.91 Å². The number of amides is 1. The summed E-state index contributed by atoms with van der Waals surface area (Å²) in [6.07, 6.45) is 1.70. The van der Waals surface area contributed by atoms with E-state index in [0.29, 0.717) is 17.9 Å². The summed E-state index contributed by atoms with van der Waals surface area (Å²) in [6, 6.07) is 7.53. The Balaban J connectivity index is 0.00000364. The van der Waals surface area contributed by atoms with Crippen LogP contribution >= 0.6 is 12.4 Å². The minimum atomic E-state index is -0.397. The standard InChI is InChI=1S/C19H29N5O2.ClH/c1-6-19(20,7-2)12-21-18(25)17-14(5)24(23-22-17)15-8-10-16(11-9-15)26-13(3)4;/h8-11,13H,6-7,12,20H2,1-5H3,(H,21,25);1H. The van der Waals surface area contributed by atoms with Crippen LogP contribution in [-0.2, 0) is 0 Å². The summed E-state index contributed by atoms with van der Waals surface area (Å²) in [4.78, 5) is 12.5. The summed E-state index contributed by atoms with van der Waals surface area (Å²) in [5.41, 5.74) is 7.64. The highest BCUT2D eigenvalue weighted by molar-refractivity contribution is 5.93. The van der Waals surface area contributed by atoms with Crippen LogP contribution < -0.4 is 15.8 Å². The highest BCUT2D eigenvalue weighted by Gasteiger charge is 2.23. The van der Waals surface area contributed by atoms with Crippen molar-refractivity contribution in [3.05, 3.63) is 35.7 Å². The maximum Gasteiger partial charge on any atom is 0.273 e. The van der Waals surface area contributed by atoms with E-state index in [1.54, 1.807) is 4.68 Å². The van der Waals surface area contributed by atoms with E-state index in [-0.39, 0.29) is 24.4 Å². The van der Waals surface area contributed by atoms with Crippen LogP contribution in [0.3, 0.4) is 0 Å². The van der Waals surface area contributed by atoms with Crippen molar-refractivity contribution in [2.75, 3.05) is 6.54 Å². The summed E-state index contributed by atoms with van der Waals surface area (Å²) in [6.45, 7) is 10.2. The Hall–Kier alpha value is -2.12. The molecule has 0 spiro atoms. The molecule has 1 aromatic heterocycles. The minimum Gasteiger partial charge on any atom is -0.491 e.